The van der Waals surface area contributed by atoms with Crippen molar-refractivity contribution in [3.05, 3.63) is 95.0 Å². The molecule has 0 bridgehead atoms. The number of halogens is 6. The maximum Gasteiger partial charge on any atom is 0.454 e. The Morgan fingerprint density at radius 2 is 1.73 bits per heavy atom. The number of hydrogen-bond acceptors (Lipinski definition) is 4. The summed E-state index contributed by atoms with van der Waals surface area (Å²) in [7, 11) is 0. The molecule has 1 fully saturated rings. The first kappa shape index (κ1) is 25.3. The Balaban J connectivity index is 1.36. The molecule has 5 rings (SSSR count). The first-order valence-corrected chi connectivity index (χ1v) is 12.1. The molecule has 10 heteroatoms. The van der Waals surface area contributed by atoms with Crippen LogP contribution in [0, 0.1) is 29.2 Å². The van der Waals surface area contributed by atoms with Crippen LogP contribution in [-0.4, -0.2) is 11.6 Å². The maximum absolute atomic E-state index is 15.0. The van der Waals surface area contributed by atoms with Crippen molar-refractivity contribution in [2.75, 3.05) is 6.61 Å². The van der Waals surface area contributed by atoms with Crippen LogP contribution in [0.1, 0.15) is 29.5 Å². The van der Waals surface area contributed by atoms with Gasteiger partial charge < -0.3 is 9.47 Å². The Hall–Kier alpha value is -3.37. The van der Waals surface area contributed by atoms with E-state index >= 15 is 0 Å². The number of rotatable bonds is 6. The maximum atomic E-state index is 15.0. The summed E-state index contributed by atoms with van der Waals surface area (Å²) >= 11 is 0.745. The van der Waals surface area contributed by atoms with Crippen molar-refractivity contribution >= 4 is 21.6 Å². The summed E-state index contributed by atoms with van der Waals surface area (Å²) in [5.74, 6) is -6.02. The number of ether oxygens (including phenoxy) is 2. The van der Waals surface area contributed by atoms with Crippen LogP contribution in [0.3, 0.4) is 0 Å². The van der Waals surface area contributed by atoms with Crippen LogP contribution >= 0.6 is 11.3 Å². The first-order chi connectivity index (χ1) is 17.6. The lowest BCUT2D eigenvalue weighted by molar-refractivity contribution is -0.185. The number of hydrogen-bond donors (Lipinski definition) is 0. The van der Waals surface area contributed by atoms with Gasteiger partial charge in [0.15, 0.2) is 17.5 Å². The molecule has 0 saturated carbocycles. The second kappa shape index (κ2) is 9.83. The van der Waals surface area contributed by atoms with Gasteiger partial charge in [-0.15, -0.1) is 17.9 Å². The van der Waals surface area contributed by atoms with E-state index in [0.29, 0.717) is 40.9 Å². The Bertz CT molecular complexity index is 1460. The normalized spacial score (nSPS) is 18.2. The smallest absolute Gasteiger partial charge is 0.427 e. The number of benzene rings is 3. The number of thiazole rings is 1. The molecule has 2 atom stereocenters. The molecular formula is C27H19F6NO2S. The van der Waals surface area contributed by atoms with Crippen molar-refractivity contribution in [3.8, 4) is 16.9 Å². The zero-order chi connectivity index (χ0) is 26.3. The van der Waals surface area contributed by atoms with E-state index < -0.39 is 40.1 Å². The van der Waals surface area contributed by atoms with E-state index in [1.165, 1.54) is 0 Å². The van der Waals surface area contributed by atoms with Gasteiger partial charge in [0.1, 0.15) is 11.6 Å². The van der Waals surface area contributed by atoms with Gasteiger partial charge in [0.05, 0.1) is 22.9 Å². The molecule has 0 aliphatic carbocycles. The highest BCUT2D eigenvalue weighted by Crippen LogP contribution is 2.39. The molecule has 1 aromatic heterocycles. The highest BCUT2D eigenvalue weighted by atomic mass is 32.1. The molecular weight excluding hydrogens is 516 g/mol. The fourth-order valence-electron chi connectivity index (χ4n) is 4.18. The van der Waals surface area contributed by atoms with Crippen molar-refractivity contribution in [2.45, 2.75) is 25.1 Å². The molecule has 0 amide bonds. The van der Waals surface area contributed by atoms with Gasteiger partial charge in [-0.05, 0) is 60.4 Å². The minimum Gasteiger partial charge on any atom is -0.427 e. The van der Waals surface area contributed by atoms with Crippen molar-refractivity contribution in [1.82, 2.24) is 4.98 Å². The van der Waals surface area contributed by atoms with Gasteiger partial charge in [-0.2, -0.15) is 8.78 Å². The molecule has 3 nitrogen and oxygen atoms in total. The minimum absolute atomic E-state index is 0.146. The Morgan fingerprint density at radius 1 is 0.973 bits per heavy atom. The van der Waals surface area contributed by atoms with Crippen LogP contribution in [0.15, 0.2) is 61.2 Å². The van der Waals surface area contributed by atoms with Crippen LogP contribution < -0.4 is 4.74 Å². The minimum atomic E-state index is -3.88. The lowest BCUT2D eigenvalue weighted by Crippen LogP contribution is -2.21. The third kappa shape index (κ3) is 5.08. The third-order valence-electron chi connectivity index (χ3n) is 6.16. The van der Waals surface area contributed by atoms with Crippen molar-refractivity contribution in [1.29, 1.82) is 0 Å². The molecule has 2 heterocycles. The number of alkyl halides is 2. The van der Waals surface area contributed by atoms with Crippen LogP contribution in [0.5, 0.6) is 5.75 Å². The molecule has 2 unspecified atom stereocenters. The van der Waals surface area contributed by atoms with E-state index in [0.717, 1.165) is 41.9 Å². The lowest BCUT2D eigenvalue weighted by Gasteiger charge is -2.27. The van der Waals surface area contributed by atoms with Gasteiger partial charge in [-0.1, -0.05) is 12.1 Å². The molecule has 4 aromatic rings. The predicted molar refractivity (Wildman–Crippen MR) is 127 cm³/mol. The predicted octanol–water partition coefficient (Wildman–Crippen LogP) is 8.30. The van der Waals surface area contributed by atoms with Gasteiger partial charge >= 0.3 is 6.11 Å². The van der Waals surface area contributed by atoms with Gasteiger partial charge in [-0.3, -0.25) is 0 Å². The summed E-state index contributed by atoms with van der Waals surface area (Å²) in [4.78, 5) is 3.98. The van der Waals surface area contributed by atoms with E-state index in [9.17, 15) is 26.3 Å². The molecule has 0 N–H and O–H groups in total. The molecule has 1 aliphatic rings. The van der Waals surface area contributed by atoms with Gasteiger partial charge in [0.25, 0.3) is 0 Å². The van der Waals surface area contributed by atoms with Crippen LogP contribution in [0.2, 0.25) is 0 Å². The average Bonchev–Trinajstić information content (AvgIpc) is 3.32. The summed E-state index contributed by atoms with van der Waals surface area (Å²) < 4.78 is 95.9. The highest BCUT2D eigenvalue weighted by molar-refractivity contribution is 7.18. The summed E-state index contributed by atoms with van der Waals surface area (Å²) in [5.41, 5.74) is 0.607. The van der Waals surface area contributed by atoms with Crippen molar-refractivity contribution < 1.29 is 35.8 Å². The number of fused-ring (bicyclic) bond motifs is 1. The van der Waals surface area contributed by atoms with Crippen LogP contribution in [0.4, 0.5) is 26.3 Å². The van der Waals surface area contributed by atoms with E-state index in [2.05, 4.69) is 11.6 Å². The lowest BCUT2D eigenvalue weighted by atomic mass is 9.95. The zero-order valence-electron chi connectivity index (χ0n) is 19.1. The first-order valence-electron chi connectivity index (χ1n) is 11.3. The highest BCUT2D eigenvalue weighted by Gasteiger charge is 2.39. The molecule has 0 spiro atoms. The third-order valence-corrected chi connectivity index (χ3v) is 7.23. The second-order valence-corrected chi connectivity index (χ2v) is 9.69. The fourth-order valence-corrected chi connectivity index (χ4v) is 5.11. The quantitative estimate of drug-likeness (QED) is 0.141. The topological polar surface area (TPSA) is 31.4 Å². The molecule has 192 valence electrons. The number of aromatic nitrogens is 1. The molecule has 1 aliphatic heterocycles. The summed E-state index contributed by atoms with van der Waals surface area (Å²) in [5, 5.41) is -0.622. The van der Waals surface area contributed by atoms with Gasteiger partial charge in [0, 0.05) is 17.5 Å². The van der Waals surface area contributed by atoms with E-state index in [1.54, 1.807) is 18.2 Å². The van der Waals surface area contributed by atoms with Gasteiger partial charge in [0.2, 0.25) is 5.01 Å². The Morgan fingerprint density at radius 3 is 2.38 bits per heavy atom. The van der Waals surface area contributed by atoms with Crippen LogP contribution in [0.25, 0.3) is 21.3 Å². The van der Waals surface area contributed by atoms with Crippen LogP contribution in [-0.2, 0) is 10.8 Å². The monoisotopic (exact) mass is 535 g/mol. The largest absolute Gasteiger partial charge is 0.454 e. The van der Waals surface area contributed by atoms with Gasteiger partial charge in [-0.25, -0.2) is 22.5 Å². The molecule has 0 radical (unpaired) electrons. The summed E-state index contributed by atoms with van der Waals surface area (Å²) in [6, 6.07) is 9.10. The summed E-state index contributed by atoms with van der Waals surface area (Å²) in [6.45, 7) is 4.33. The van der Waals surface area contributed by atoms with Crippen molar-refractivity contribution in [2.24, 2.45) is 5.92 Å². The SMILES string of the molecule is C=CC1CCC(c2ccc3nc(C(F)(F)Oc4ccc(-c5cc(F)c(F)c(F)c5)c(F)c4)sc3c2)OC1. The average molecular weight is 536 g/mol. The molecule has 1 saturated heterocycles. The number of nitrogens with zero attached hydrogens (tertiary/aromatic N) is 1. The van der Waals surface area contributed by atoms with Crippen molar-refractivity contribution in [3.63, 3.8) is 0 Å². The summed E-state index contributed by atoms with van der Waals surface area (Å²) in [6.07, 6.45) is -0.464. The van der Waals surface area contributed by atoms with E-state index in [1.807, 2.05) is 6.08 Å². The Labute approximate surface area is 212 Å². The zero-order valence-corrected chi connectivity index (χ0v) is 19.9. The fraction of sp³-hybridized carbons (Fsp3) is 0.222. The van der Waals surface area contributed by atoms with E-state index in [-0.39, 0.29) is 17.2 Å². The second-order valence-electron chi connectivity index (χ2n) is 8.66. The standard InChI is InChI=1S/C27H19F6NO2S/c1-2-14-3-8-23(35-13-14)15-4-7-22-24(11-15)37-26(34-22)27(32,33)36-17-5-6-18(19(28)12-17)16-9-20(29)25(31)21(30)10-16/h2,4-7,9-12,14,23H,1,3,8,13H2. The van der Waals surface area contributed by atoms with E-state index in [4.69, 9.17) is 9.47 Å². The Kier molecular flexibility index (Phi) is 6.72. The molecule has 3 aromatic carbocycles. The molecule has 37 heavy (non-hydrogen) atoms.